The van der Waals surface area contributed by atoms with E-state index < -0.39 is 6.10 Å². The Bertz CT molecular complexity index is 372. The van der Waals surface area contributed by atoms with Gasteiger partial charge in [-0.1, -0.05) is 23.2 Å². The van der Waals surface area contributed by atoms with Crippen molar-refractivity contribution >= 4 is 23.2 Å². The van der Waals surface area contributed by atoms with Gasteiger partial charge in [-0.15, -0.1) is 0 Å². The number of rotatable bonds is 5. The van der Waals surface area contributed by atoms with Crippen LogP contribution in [0.5, 0.6) is 0 Å². The second-order valence-corrected chi connectivity index (χ2v) is 5.21. The molecule has 1 aromatic rings. The monoisotopic (exact) mass is 276 g/mol. The fraction of sp³-hybridized carbons (Fsp3) is 0.500. The molecule has 0 saturated carbocycles. The van der Waals surface area contributed by atoms with Gasteiger partial charge in [0.15, 0.2) is 0 Å². The molecule has 5 heteroatoms. The third-order valence-electron chi connectivity index (χ3n) is 2.59. The van der Waals surface area contributed by atoms with E-state index in [4.69, 9.17) is 28.9 Å². The highest BCUT2D eigenvalue weighted by Gasteiger charge is 2.19. The van der Waals surface area contributed by atoms with Gasteiger partial charge in [0.05, 0.1) is 6.10 Å². The smallest absolute Gasteiger partial charge is 0.0956 e. The summed E-state index contributed by atoms with van der Waals surface area (Å²) >= 11 is 11.9. The lowest BCUT2D eigenvalue weighted by molar-refractivity contribution is 0.137. The highest BCUT2D eigenvalue weighted by atomic mass is 35.5. The molecule has 1 rings (SSSR count). The Morgan fingerprint density at radius 1 is 1.35 bits per heavy atom. The predicted molar refractivity (Wildman–Crippen MR) is 72.6 cm³/mol. The number of nitrogens with zero attached hydrogens (tertiary/aromatic N) is 1. The molecule has 2 atom stereocenters. The van der Waals surface area contributed by atoms with E-state index in [-0.39, 0.29) is 6.04 Å². The first kappa shape index (κ1) is 14.7. The van der Waals surface area contributed by atoms with Crippen molar-refractivity contribution in [3.63, 3.8) is 0 Å². The first-order valence-corrected chi connectivity index (χ1v) is 6.20. The van der Waals surface area contributed by atoms with Crippen molar-refractivity contribution in [2.24, 2.45) is 5.73 Å². The average Bonchev–Trinajstić information content (AvgIpc) is 2.28. The molecule has 0 amide bonds. The number of aliphatic hydroxyl groups is 1. The molecule has 0 fully saturated rings. The number of aliphatic hydroxyl groups excluding tert-OH is 1. The minimum Gasteiger partial charge on any atom is -0.387 e. The van der Waals surface area contributed by atoms with Gasteiger partial charge in [-0.2, -0.15) is 0 Å². The quantitative estimate of drug-likeness (QED) is 0.868. The van der Waals surface area contributed by atoms with Crippen molar-refractivity contribution in [1.82, 2.24) is 4.90 Å². The van der Waals surface area contributed by atoms with E-state index in [1.807, 2.05) is 19.0 Å². The highest BCUT2D eigenvalue weighted by molar-refractivity contribution is 6.33. The number of halogens is 2. The van der Waals surface area contributed by atoms with E-state index in [1.165, 1.54) is 0 Å². The molecule has 0 spiro atoms. The Hall–Kier alpha value is -0.320. The summed E-state index contributed by atoms with van der Waals surface area (Å²) in [6.07, 6.45) is -0.0991. The molecule has 3 nitrogen and oxygen atoms in total. The summed E-state index contributed by atoms with van der Waals surface area (Å²) in [7, 11) is 3.93. The minimum absolute atomic E-state index is 0.353. The maximum Gasteiger partial charge on any atom is 0.0956 e. The highest BCUT2D eigenvalue weighted by Crippen LogP contribution is 2.28. The zero-order chi connectivity index (χ0) is 13.0. The number of hydrogen-bond donors (Lipinski definition) is 2. The SMILES string of the molecule is CN(C)CCC(N)C(O)c1cc(Cl)ccc1Cl. The van der Waals surface area contributed by atoms with Gasteiger partial charge in [-0.05, 0) is 45.3 Å². The van der Waals surface area contributed by atoms with Gasteiger partial charge >= 0.3 is 0 Å². The van der Waals surface area contributed by atoms with Crippen LogP contribution in [0.2, 0.25) is 10.0 Å². The van der Waals surface area contributed by atoms with E-state index in [0.29, 0.717) is 22.0 Å². The van der Waals surface area contributed by atoms with Crippen LogP contribution >= 0.6 is 23.2 Å². The summed E-state index contributed by atoms with van der Waals surface area (Å²) in [5, 5.41) is 11.2. The third kappa shape index (κ3) is 4.45. The predicted octanol–water partition coefficient (Wildman–Crippen LogP) is 2.31. The number of hydrogen-bond acceptors (Lipinski definition) is 3. The number of benzene rings is 1. The van der Waals surface area contributed by atoms with Crippen LogP contribution in [-0.4, -0.2) is 36.7 Å². The van der Waals surface area contributed by atoms with Crippen LogP contribution in [0.4, 0.5) is 0 Å². The van der Waals surface area contributed by atoms with Crippen molar-refractivity contribution in [2.75, 3.05) is 20.6 Å². The lowest BCUT2D eigenvalue weighted by Crippen LogP contribution is -2.32. The summed E-state index contributed by atoms with van der Waals surface area (Å²) in [5.74, 6) is 0. The third-order valence-corrected chi connectivity index (χ3v) is 3.17. The molecule has 0 bridgehead atoms. The van der Waals surface area contributed by atoms with Crippen molar-refractivity contribution in [3.05, 3.63) is 33.8 Å². The summed E-state index contributed by atoms with van der Waals surface area (Å²) in [5.41, 5.74) is 6.53. The van der Waals surface area contributed by atoms with E-state index >= 15 is 0 Å². The second kappa shape index (κ2) is 6.57. The maximum absolute atomic E-state index is 10.1. The van der Waals surface area contributed by atoms with Crippen LogP contribution in [0.15, 0.2) is 18.2 Å². The molecule has 1 aromatic carbocycles. The molecular weight excluding hydrogens is 259 g/mol. The summed E-state index contributed by atoms with van der Waals surface area (Å²) < 4.78 is 0. The molecule has 0 aliphatic rings. The molecule has 3 N–H and O–H groups in total. The van der Waals surface area contributed by atoms with E-state index in [9.17, 15) is 5.11 Å². The largest absolute Gasteiger partial charge is 0.387 e. The van der Waals surface area contributed by atoms with Crippen molar-refractivity contribution < 1.29 is 5.11 Å². The van der Waals surface area contributed by atoms with Gasteiger partial charge in [0.2, 0.25) is 0 Å². The molecule has 96 valence electrons. The van der Waals surface area contributed by atoms with Gasteiger partial charge in [-0.25, -0.2) is 0 Å². The molecule has 0 aromatic heterocycles. The Morgan fingerprint density at radius 2 is 2.00 bits per heavy atom. The molecule has 0 saturated heterocycles. The Balaban J connectivity index is 2.74. The van der Waals surface area contributed by atoms with Gasteiger partial charge in [0.1, 0.15) is 0 Å². The van der Waals surface area contributed by atoms with E-state index in [1.54, 1.807) is 18.2 Å². The summed E-state index contributed by atoms with van der Waals surface area (Å²) in [6.45, 7) is 0.816. The average molecular weight is 277 g/mol. The Morgan fingerprint density at radius 3 is 2.59 bits per heavy atom. The fourth-order valence-electron chi connectivity index (χ4n) is 1.54. The normalized spacial score (nSPS) is 15.0. The molecule has 2 unspecified atom stereocenters. The van der Waals surface area contributed by atoms with Gasteiger partial charge in [0, 0.05) is 21.7 Å². The van der Waals surface area contributed by atoms with Crippen LogP contribution in [0, 0.1) is 0 Å². The molecule has 0 heterocycles. The first-order valence-electron chi connectivity index (χ1n) is 5.45. The molecule has 0 aliphatic heterocycles. The molecule has 17 heavy (non-hydrogen) atoms. The Labute approximate surface area is 112 Å². The zero-order valence-electron chi connectivity index (χ0n) is 10.0. The van der Waals surface area contributed by atoms with Gasteiger partial charge < -0.3 is 15.7 Å². The van der Waals surface area contributed by atoms with E-state index in [2.05, 4.69) is 0 Å². The van der Waals surface area contributed by atoms with E-state index in [0.717, 1.165) is 6.54 Å². The summed E-state index contributed by atoms with van der Waals surface area (Å²) in [4.78, 5) is 2.02. The van der Waals surface area contributed by atoms with Crippen molar-refractivity contribution in [3.8, 4) is 0 Å². The lowest BCUT2D eigenvalue weighted by atomic mass is 10.0. The lowest BCUT2D eigenvalue weighted by Gasteiger charge is -2.22. The Kier molecular flexibility index (Phi) is 5.70. The van der Waals surface area contributed by atoms with Gasteiger partial charge in [-0.3, -0.25) is 0 Å². The summed E-state index contributed by atoms with van der Waals surface area (Å²) in [6, 6.07) is 4.66. The zero-order valence-corrected chi connectivity index (χ0v) is 11.5. The number of nitrogens with two attached hydrogens (primary N) is 1. The second-order valence-electron chi connectivity index (χ2n) is 4.37. The minimum atomic E-state index is -0.791. The first-order chi connectivity index (χ1) is 7.91. The van der Waals surface area contributed by atoms with Crippen LogP contribution in [-0.2, 0) is 0 Å². The maximum atomic E-state index is 10.1. The van der Waals surface area contributed by atoms with Crippen molar-refractivity contribution in [2.45, 2.75) is 18.6 Å². The van der Waals surface area contributed by atoms with Crippen LogP contribution < -0.4 is 5.73 Å². The van der Waals surface area contributed by atoms with Gasteiger partial charge in [0.25, 0.3) is 0 Å². The van der Waals surface area contributed by atoms with Crippen molar-refractivity contribution in [1.29, 1.82) is 0 Å². The van der Waals surface area contributed by atoms with Crippen LogP contribution in [0.1, 0.15) is 18.1 Å². The fourth-order valence-corrected chi connectivity index (χ4v) is 1.95. The molecule has 0 aliphatic carbocycles. The topological polar surface area (TPSA) is 49.5 Å². The van der Waals surface area contributed by atoms with Crippen LogP contribution in [0.25, 0.3) is 0 Å². The van der Waals surface area contributed by atoms with Crippen LogP contribution in [0.3, 0.4) is 0 Å². The molecule has 0 radical (unpaired) electrons. The molecular formula is C12H18Cl2N2O. The standard InChI is InChI=1S/C12H18Cl2N2O/c1-16(2)6-5-11(15)12(17)9-7-8(13)3-4-10(9)14/h3-4,7,11-12,17H,5-6,15H2,1-2H3.